The van der Waals surface area contributed by atoms with Crippen LogP contribution in [0.4, 0.5) is 4.39 Å². The van der Waals surface area contributed by atoms with Crippen LogP contribution in [-0.4, -0.2) is 43.0 Å². The molecule has 9 heteroatoms. The average molecular weight is 412 g/mol. The normalized spacial score (nSPS) is 20.6. The van der Waals surface area contributed by atoms with Gasteiger partial charge >= 0.3 is 0 Å². The molecule has 6 nitrogen and oxygen atoms in total. The number of nitrogens with one attached hydrogen (secondary N) is 1. The third-order valence-corrected chi connectivity index (χ3v) is 6.28. The standard InChI is InChI=1S/C18H19ClFN3O3S/c1-27(25,26)23-10-15(12-4-6-21-7-5-12)16(11-23)18(24)22-9-13-2-3-14(20)8-17(13)19/h2-8,15-16H,9-11H2,1H3,(H,22,24)/t15-,16+/m0/s1. The van der Waals surface area contributed by atoms with Gasteiger partial charge in [0.15, 0.2) is 0 Å². The number of sulfonamides is 1. The van der Waals surface area contributed by atoms with Crippen molar-refractivity contribution >= 4 is 27.5 Å². The molecule has 0 unspecified atom stereocenters. The Kier molecular flexibility index (Phi) is 5.78. The summed E-state index contributed by atoms with van der Waals surface area (Å²) in [6.45, 7) is 0.476. The molecule has 27 heavy (non-hydrogen) atoms. The van der Waals surface area contributed by atoms with E-state index >= 15 is 0 Å². The van der Waals surface area contributed by atoms with Crippen molar-refractivity contribution in [1.29, 1.82) is 0 Å². The number of hydrogen-bond acceptors (Lipinski definition) is 4. The van der Waals surface area contributed by atoms with Crippen LogP contribution in [0.15, 0.2) is 42.7 Å². The summed E-state index contributed by atoms with van der Waals surface area (Å²) in [7, 11) is -3.41. The lowest BCUT2D eigenvalue weighted by Crippen LogP contribution is -2.35. The highest BCUT2D eigenvalue weighted by molar-refractivity contribution is 7.88. The van der Waals surface area contributed by atoms with Crippen molar-refractivity contribution in [2.24, 2.45) is 5.92 Å². The van der Waals surface area contributed by atoms with Crippen molar-refractivity contribution < 1.29 is 17.6 Å². The van der Waals surface area contributed by atoms with Gasteiger partial charge in [-0.1, -0.05) is 17.7 Å². The maximum atomic E-state index is 13.1. The largest absolute Gasteiger partial charge is 0.352 e. The summed E-state index contributed by atoms with van der Waals surface area (Å²) in [6.07, 6.45) is 4.37. The summed E-state index contributed by atoms with van der Waals surface area (Å²) in [5.74, 6) is -1.54. The number of nitrogens with zero attached hydrogens (tertiary/aromatic N) is 2. The fourth-order valence-electron chi connectivity index (χ4n) is 3.23. The molecule has 0 saturated carbocycles. The van der Waals surface area contributed by atoms with Crippen LogP contribution in [0.2, 0.25) is 5.02 Å². The van der Waals surface area contributed by atoms with Gasteiger partial charge in [-0.3, -0.25) is 9.78 Å². The highest BCUT2D eigenvalue weighted by Gasteiger charge is 2.41. The maximum absolute atomic E-state index is 13.1. The molecular weight excluding hydrogens is 393 g/mol. The van der Waals surface area contributed by atoms with Gasteiger partial charge < -0.3 is 5.32 Å². The van der Waals surface area contributed by atoms with Gasteiger partial charge in [0.05, 0.1) is 12.2 Å². The van der Waals surface area contributed by atoms with E-state index in [9.17, 15) is 17.6 Å². The number of carbonyl (C=O) groups is 1. The first-order valence-electron chi connectivity index (χ1n) is 8.32. The van der Waals surface area contributed by atoms with Crippen molar-refractivity contribution in [3.8, 4) is 0 Å². The average Bonchev–Trinajstić information content (AvgIpc) is 3.07. The fraction of sp³-hybridized carbons (Fsp3) is 0.333. The number of benzene rings is 1. The molecule has 1 amide bonds. The Morgan fingerprint density at radius 2 is 2.00 bits per heavy atom. The predicted molar refractivity (Wildman–Crippen MR) is 100 cm³/mol. The van der Waals surface area contributed by atoms with Crippen LogP contribution < -0.4 is 5.32 Å². The van der Waals surface area contributed by atoms with E-state index in [1.54, 1.807) is 24.5 Å². The van der Waals surface area contributed by atoms with Gasteiger partial charge in [0.2, 0.25) is 15.9 Å². The number of carbonyl (C=O) groups excluding carboxylic acids is 1. The van der Waals surface area contributed by atoms with Gasteiger partial charge in [-0.25, -0.2) is 17.1 Å². The number of halogens is 2. The maximum Gasteiger partial charge on any atom is 0.225 e. The Labute approximate surface area is 162 Å². The summed E-state index contributed by atoms with van der Waals surface area (Å²) >= 11 is 5.99. The molecule has 1 aliphatic heterocycles. The highest BCUT2D eigenvalue weighted by Crippen LogP contribution is 2.34. The zero-order valence-electron chi connectivity index (χ0n) is 14.6. The van der Waals surface area contributed by atoms with Crippen LogP contribution in [0.1, 0.15) is 17.0 Å². The molecule has 1 fully saturated rings. The lowest BCUT2D eigenvalue weighted by Gasteiger charge is -2.18. The second-order valence-corrected chi connectivity index (χ2v) is 8.92. The first-order chi connectivity index (χ1) is 12.8. The lowest BCUT2D eigenvalue weighted by atomic mass is 9.89. The molecule has 1 N–H and O–H groups in total. The molecule has 1 aromatic carbocycles. The van der Waals surface area contributed by atoms with Crippen molar-refractivity contribution in [2.45, 2.75) is 12.5 Å². The monoisotopic (exact) mass is 411 g/mol. The van der Waals surface area contributed by atoms with E-state index in [0.29, 0.717) is 5.56 Å². The van der Waals surface area contributed by atoms with E-state index in [0.717, 1.165) is 11.8 Å². The topological polar surface area (TPSA) is 79.4 Å². The number of pyridine rings is 1. The van der Waals surface area contributed by atoms with Crippen molar-refractivity contribution in [1.82, 2.24) is 14.6 Å². The first kappa shape index (κ1) is 19.7. The van der Waals surface area contributed by atoms with Gasteiger partial charge in [0.25, 0.3) is 0 Å². The molecule has 0 radical (unpaired) electrons. The van der Waals surface area contributed by atoms with E-state index in [2.05, 4.69) is 10.3 Å². The van der Waals surface area contributed by atoms with Crippen LogP contribution >= 0.6 is 11.6 Å². The van der Waals surface area contributed by atoms with Crippen LogP contribution in [-0.2, 0) is 21.4 Å². The molecule has 0 bridgehead atoms. The van der Waals surface area contributed by atoms with E-state index in [-0.39, 0.29) is 36.5 Å². The first-order valence-corrected chi connectivity index (χ1v) is 10.5. The Balaban J connectivity index is 1.77. The van der Waals surface area contributed by atoms with Crippen molar-refractivity contribution in [2.75, 3.05) is 19.3 Å². The van der Waals surface area contributed by atoms with Crippen LogP contribution in [0.25, 0.3) is 0 Å². The number of rotatable bonds is 5. The summed E-state index contributed by atoms with van der Waals surface area (Å²) in [4.78, 5) is 16.8. The highest BCUT2D eigenvalue weighted by atomic mass is 35.5. The molecule has 0 aliphatic carbocycles. The fourth-order valence-corrected chi connectivity index (χ4v) is 4.33. The zero-order chi connectivity index (χ0) is 19.6. The Morgan fingerprint density at radius 3 is 2.63 bits per heavy atom. The molecule has 2 aromatic rings. The quantitative estimate of drug-likeness (QED) is 0.817. The summed E-state index contributed by atoms with van der Waals surface area (Å²) < 4.78 is 38.4. The van der Waals surface area contributed by atoms with Gasteiger partial charge in [-0.05, 0) is 35.4 Å². The van der Waals surface area contributed by atoms with Gasteiger partial charge in [0.1, 0.15) is 5.82 Å². The van der Waals surface area contributed by atoms with Crippen LogP contribution in [0, 0.1) is 11.7 Å². The molecule has 1 aromatic heterocycles. The van der Waals surface area contributed by atoms with Crippen molar-refractivity contribution in [3.05, 3.63) is 64.7 Å². The molecule has 2 atom stereocenters. The Hall–Kier alpha value is -2.03. The van der Waals surface area contributed by atoms with E-state index in [1.165, 1.54) is 22.5 Å². The zero-order valence-corrected chi connectivity index (χ0v) is 16.2. The molecule has 2 heterocycles. The minimum Gasteiger partial charge on any atom is -0.352 e. The summed E-state index contributed by atoms with van der Waals surface area (Å²) in [6, 6.07) is 7.54. The lowest BCUT2D eigenvalue weighted by molar-refractivity contribution is -0.125. The van der Waals surface area contributed by atoms with Gasteiger partial charge in [0, 0.05) is 43.0 Å². The van der Waals surface area contributed by atoms with E-state index in [4.69, 9.17) is 11.6 Å². The minimum atomic E-state index is -3.41. The summed E-state index contributed by atoms with van der Waals surface area (Å²) in [5.41, 5.74) is 1.45. The number of aromatic nitrogens is 1. The third-order valence-electron chi connectivity index (χ3n) is 4.69. The molecule has 1 aliphatic rings. The minimum absolute atomic E-state index is 0.106. The molecular formula is C18H19ClFN3O3S. The van der Waals surface area contributed by atoms with E-state index < -0.39 is 21.8 Å². The molecule has 144 valence electrons. The Morgan fingerprint density at radius 1 is 1.30 bits per heavy atom. The molecule has 1 saturated heterocycles. The van der Waals surface area contributed by atoms with Crippen molar-refractivity contribution in [3.63, 3.8) is 0 Å². The van der Waals surface area contributed by atoms with Gasteiger partial charge in [-0.15, -0.1) is 0 Å². The smallest absolute Gasteiger partial charge is 0.225 e. The second kappa shape index (κ2) is 7.92. The third kappa shape index (κ3) is 4.63. The SMILES string of the molecule is CS(=O)(=O)N1C[C@@H](C(=O)NCc2ccc(F)cc2Cl)[C@H](c2ccncc2)C1. The van der Waals surface area contributed by atoms with Crippen LogP contribution in [0.5, 0.6) is 0 Å². The molecule has 0 spiro atoms. The van der Waals surface area contributed by atoms with E-state index in [1.807, 2.05) is 0 Å². The number of hydrogen-bond donors (Lipinski definition) is 1. The van der Waals surface area contributed by atoms with Crippen LogP contribution in [0.3, 0.4) is 0 Å². The predicted octanol–water partition coefficient (Wildman–Crippen LogP) is 2.17. The number of amides is 1. The van der Waals surface area contributed by atoms with Gasteiger partial charge in [-0.2, -0.15) is 0 Å². The Bertz CT molecular complexity index is 940. The second-order valence-electron chi connectivity index (χ2n) is 6.53. The molecule has 3 rings (SSSR count). The summed E-state index contributed by atoms with van der Waals surface area (Å²) in [5, 5.41) is 3.02.